The number of rotatable bonds is 1. The smallest absolute Gasteiger partial charge is 0.127 e. The van der Waals surface area contributed by atoms with E-state index in [1.54, 1.807) is 6.33 Å². The summed E-state index contributed by atoms with van der Waals surface area (Å²) in [5, 5.41) is 9.03. The molecule has 0 bridgehead atoms. The minimum Gasteiger partial charge on any atom is -0.312 e. The van der Waals surface area contributed by atoms with Crippen molar-refractivity contribution in [2.24, 2.45) is 0 Å². The third-order valence-corrected chi connectivity index (χ3v) is 2.33. The fourth-order valence-electron chi connectivity index (χ4n) is 1.46. The lowest BCUT2D eigenvalue weighted by molar-refractivity contribution is 0.481. The van der Waals surface area contributed by atoms with Crippen molar-refractivity contribution in [3.63, 3.8) is 0 Å². The van der Waals surface area contributed by atoms with Gasteiger partial charge >= 0.3 is 0 Å². The molecule has 0 aliphatic carbocycles. The van der Waals surface area contributed by atoms with Crippen molar-refractivity contribution < 1.29 is 0 Å². The molecule has 0 saturated carbocycles. The normalized spacial score (nSPS) is 11.5. The van der Waals surface area contributed by atoms with Crippen LogP contribution in [0.15, 0.2) is 30.6 Å². The molecule has 0 saturated heterocycles. The molecule has 0 unspecified atom stereocenters. The number of imidazole rings is 1. The Morgan fingerprint density at radius 2 is 2.07 bits per heavy atom. The van der Waals surface area contributed by atoms with Crippen LogP contribution in [0.5, 0.6) is 0 Å². The maximum atomic E-state index is 9.03. The highest BCUT2D eigenvalue weighted by atomic mass is 15.1. The van der Waals surface area contributed by atoms with Gasteiger partial charge in [0.15, 0.2) is 0 Å². The summed E-state index contributed by atoms with van der Waals surface area (Å²) >= 11 is 0. The summed E-state index contributed by atoms with van der Waals surface area (Å²) in [5.74, 6) is 0. The van der Waals surface area contributed by atoms with E-state index in [9.17, 15) is 0 Å². The highest BCUT2D eigenvalue weighted by Gasteiger charge is 2.20. The van der Waals surface area contributed by atoms with Crippen LogP contribution in [-0.4, -0.2) is 9.55 Å². The first kappa shape index (κ1) is 8.76. The summed E-state index contributed by atoms with van der Waals surface area (Å²) in [6, 6.07) is 10.1. The van der Waals surface area contributed by atoms with Gasteiger partial charge in [0.1, 0.15) is 5.54 Å². The van der Waals surface area contributed by atoms with E-state index in [0.29, 0.717) is 0 Å². The van der Waals surface area contributed by atoms with E-state index < -0.39 is 5.54 Å². The van der Waals surface area contributed by atoms with E-state index in [0.717, 1.165) is 11.0 Å². The Kier molecular flexibility index (Phi) is 1.78. The lowest BCUT2D eigenvalue weighted by atomic mass is 10.1. The van der Waals surface area contributed by atoms with Gasteiger partial charge in [0.25, 0.3) is 0 Å². The van der Waals surface area contributed by atoms with Crippen molar-refractivity contribution in [3.05, 3.63) is 30.6 Å². The molecule has 70 valence electrons. The monoisotopic (exact) mass is 185 g/mol. The molecule has 0 fully saturated rings. The molecule has 0 radical (unpaired) electrons. The first-order chi connectivity index (χ1) is 6.65. The first-order valence-corrected chi connectivity index (χ1v) is 4.49. The summed E-state index contributed by atoms with van der Waals surface area (Å²) in [7, 11) is 0. The second-order valence-electron chi connectivity index (χ2n) is 3.77. The van der Waals surface area contributed by atoms with E-state index in [-0.39, 0.29) is 0 Å². The molecule has 0 amide bonds. The number of nitriles is 1. The zero-order valence-corrected chi connectivity index (χ0v) is 8.23. The van der Waals surface area contributed by atoms with Crippen LogP contribution in [0.3, 0.4) is 0 Å². The third-order valence-electron chi connectivity index (χ3n) is 2.33. The third kappa shape index (κ3) is 1.16. The Balaban J connectivity index is 2.72. The molecule has 1 aromatic heterocycles. The number of hydrogen-bond donors (Lipinski definition) is 0. The van der Waals surface area contributed by atoms with Gasteiger partial charge in [0, 0.05) is 0 Å². The molecule has 0 spiro atoms. The van der Waals surface area contributed by atoms with Crippen molar-refractivity contribution >= 4 is 11.0 Å². The fraction of sp³-hybridized carbons (Fsp3) is 0.273. The summed E-state index contributed by atoms with van der Waals surface area (Å²) in [4.78, 5) is 4.24. The largest absolute Gasteiger partial charge is 0.312 e. The summed E-state index contributed by atoms with van der Waals surface area (Å²) < 4.78 is 1.89. The van der Waals surface area contributed by atoms with Gasteiger partial charge < -0.3 is 4.57 Å². The van der Waals surface area contributed by atoms with Gasteiger partial charge in [-0.05, 0) is 26.0 Å². The highest BCUT2D eigenvalue weighted by molar-refractivity contribution is 5.75. The van der Waals surface area contributed by atoms with E-state index >= 15 is 0 Å². The molecule has 1 aromatic carbocycles. The van der Waals surface area contributed by atoms with Crippen molar-refractivity contribution in [1.29, 1.82) is 5.26 Å². The van der Waals surface area contributed by atoms with Crippen LogP contribution in [0, 0.1) is 11.3 Å². The predicted octanol–water partition coefficient (Wildman–Crippen LogP) is 2.29. The highest BCUT2D eigenvalue weighted by Crippen LogP contribution is 2.21. The lowest BCUT2D eigenvalue weighted by Crippen LogP contribution is -2.22. The Hall–Kier alpha value is -1.82. The zero-order valence-electron chi connectivity index (χ0n) is 8.23. The first-order valence-electron chi connectivity index (χ1n) is 4.49. The Bertz CT molecular complexity index is 502. The topological polar surface area (TPSA) is 41.6 Å². The molecule has 0 aliphatic rings. The van der Waals surface area contributed by atoms with Gasteiger partial charge in [0.2, 0.25) is 0 Å². The summed E-state index contributed by atoms with van der Waals surface area (Å²) in [6.07, 6.45) is 1.72. The van der Waals surface area contributed by atoms with E-state index in [2.05, 4.69) is 11.1 Å². The predicted molar refractivity (Wildman–Crippen MR) is 54.7 cm³/mol. The van der Waals surface area contributed by atoms with Crippen LogP contribution < -0.4 is 0 Å². The van der Waals surface area contributed by atoms with Crippen LogP contribution in [0.1, 0.15) is 13.8 Å². The summed E-state index contributed by atoms with van der Waals surface area (Å²) in [5.41, 5.74) is 1.38. The van der Waals surface area contributed by atoms with Gasteiger partial charge in [0.05, 0.1) is 23.4 Å². The quantitative estimate of drug-likeness (QED) is 0.684. The molecule has 1 heterocycles. The maximum Gasteiger partial charge on any atom is 0.127 e. The Labute approximate surface area is 82.6 Å². The number of nitrogens with zero attached hydrogens (tertiary/aromatic N) is 3. The van der Waals surface area contributed by atoms with E-state index in [4.69, 9.17) is 5.26 Å². The molecule has 2 aromatic rings. The van der Waals surface area contributed by atoms with Crippen LogP contribution in [0.4, 0.5) is 0 Å². The lowest BCUT2D eigenvalue weighted by Gasteiger charge is -2.17. The zero-order chi connectivity index (χ0) is 10.2. The number of fused-ring (bicyclic) bond motifs is 1. The van der Waals surface area contributed by atoms with Gasteiger partial charge in [-0.1, -0.05) is 12.1 Å². The molecular formula is C11H11N3. The van der Waals surface area contributed by atoms with Crippen LogP contribution in [-0.2, 0) is 5.54 Å². The van der Waals surface area contributed by atoms with Gasteiger partial charge in [-0.15, -0.1) is 0 Å². The van der Waals surface area contributed by atoms with Crippen LogP contribution >= 0.6 is 0 Å². The fourth-order valence-corrected chi connectivity index (χ4v) is 1.46. The molecule has 0 atom stereocenters. The Morgan fingerprint density at radius 3 is 2.79 bits per heavy atom. The SMILES string of the molecule is CC(C)(C#N)n1cnc2ccccc21. The number of benzene rings is 1. The van der Waals surface area contributed by atoms with Crippen molar-refractivity contribution in [3.8, 4) is 6.07 Å². The molecule has 3 nitrogen and oxygen atoms in total. The Morgan fingerprint density at radius 1 is 1.36 bits per heavy atom. The second kappa shape index (κ2) is 2.85. The van der Waals surface area contributed by atoms with Gasteiger partial charge in [-0.2, -0.15) is 5.26 Å². The van der Waals surface area contributed by atoms with Crippen LogP contribution in [0.2, 0.25) is 0 Å². The standard InChI is InChI=1S/C11H11N3/c1-11(2,7-12)14-8-13-9-5-3-4-6-10(9)14/h3-6,8H,1-2H3. The van der Waals surface area contributed by atoms with Crippen molar-refractivity contribution in [2.75, 3.05) is 0 Å². The van der Waals surface area contributed by atoms with Crippen molar-refractivity contribution in [2.45, 2.75) is 19.4 Å². The molecule has 0 aliphatic heterocycles. The number of hydrogen-bond acceptors (Lipinski definition) is 2. The average Bonchev–Trinajstić information content (AvgIpc) is 2.61. The second-order valence-corrected chi connectivity index (χ2v) is 3.77. The van der Waals surface area contributed by atoms with E-state index in [1.165, 1.54) is 0 Å². The van der Waals surface area contributed by atoms with Gasteiger partial charge in [-0.3, -0.25) is 0 Å². The van der Waals surface area contributed by atoms with Gasteiger partial charge in [-0.25, -0.2) is 4.98 Å². The molecule has 3 heteroatoms. The molecule has 14 heavy (non-hydrogen) atoms. The number of para-hydroxylation sites is 2. The van der Waals surface area contributed by atoms with Crippen LogP contribution in [0.25, 0.3) is 11.0 Å². The molecule has 2 rings (SSSR count). The minimum absolute atomic E-state index is 0.546. The maximum absolute atomic E-state index is 9.03. The number of aromatic nitrogens is 2. The minimum atomic E-state index is -0.546. The molecular weight excluding hydrogens is 174 g/mol. The van der Waals surface area contributed by atoms with E-state index in [1.807, 2.05) is 42.7 Å². The van der Waals surface area contributed by atoms with Crippen molar-refractivity contribution in [1.82, 2.24) is 9.55 Å². The average molecular weight is 185 g/mol. The molecule has 0 N–H and O–H groups in total. The summed E-state index contributed by atoms with van der Waals surface area (Å²) in [6.45, 7) is 3.75.